The van der Waals surface area contributed by atoms with Gasteiger partial charge in [-0.05, 0) is 30.1 Å². The number of nitrogens with one attached hydrogen (secondary N) is 1. The molecule has 4 atom stereocenters. The number of nitrogens with zero attached hydrogens (tertiary/aromatic N) is 1. The molecule has 0 aromatic rings. The van der Waals surface area contributed by atoms with Crippen molar-refractivity contribution in [3.8, 4) is 0 Å². The number of alkyl halides is 3. The Hall–Kier alpha value is -1.84. The second-order valence-corrected chi connectivity index (χ2v) is 8.13. The number of hydrogen-bond donors (Lipinski definition) is 2. The highest BCUT2D eigenvalue weighted by Crippen LogP contribution is 2.64. The van der Waals surface area contributed by atoms with Crippen molar-refractivity contribution in [2.24, 2.45) is 23.2 Å². The average Bonchev–Trinajstić information content (AvgIpc) is 2.96. The molecule has 2 N–H and O–H groups in total. The second kappa shape index (κ2) is 6.65. The molecule has 7 nitrogen and oxygen atoms in total. The summed E-state index contributed by atoms with van der Waals surface area (Å²) in [5, 5.41) is 11.4. The normalized spacial score (nSPS) is 31.1. The molecule has 0 bridgehead atoms. The van der Waals surface area contributed by atoms with Gasteiger partial charge in [0.1, 0.15) is 12.1 Å². The summed E-state index contributed by atoms with van der Waals surface area (Å²) in [5.74, 6) is -4.88. The first kappa shape index (κ1) is 19.9. The van der Waals surface area contributed by atoms with Gasteiger partial charge in [0.05, 0.1) is 0 Å². The third-order valence-electron chi connectivity index (χ3n) is 6.29. The molecule has 152 valence electrons. The van der Waals surface area contributed by atoms with Gasteiger partial charge in [-0.15, -0.1) is 0 Å². The highest BCUT2D eigenvalue weighted by Gasteiger charge is 2.70. The molecule has 2 saturated heterocycles. The van der Waals surface area contributed by atoms with Crippen molar-refractivity contribution in [3.05, 3.63) is 0 Å². The minimum atomic E-state index is -5.12. The Kier molecular flexibility index (Phi) is 4.90. The molecule has 0 aromatic carbocycles. The fraction of sp³-hybridized carbons (Fsp3) is 0.824. The maximum absolute atomic E-state index is 13.0. The van der Waals surface area contributed by atoms with E-state index in [2.05, 4.69) is 0 Å². The van der Waals surface area contributed by atoms with Crippen LogP contribution in [0, 0.1) is 23.2 Å². The molecule has 2 amide bonds. The molecule has 1 saturated carbocycles. The minimum absolute atomic E-state index is 0.00351. The highest BCUT2D eigenvalue weighted by molar-refractivity contribution is 5.93. The average molecular weight is 392 g/mol. The van der Waals surface area contributed by atoms with Crippen molar-refractivity contribution in [3.63, 3.8) is 0 Å². The van der Waals surface area contributed by atoms with Gasteiger partial charge in [-0.2, -0.15) is 13.2 Å². The van der Waals surface area contributed by atoms with Crippen LogP contribution in [0.3, 0.4) is 0 Å². The van der Waals surface area contributed by atoms with Gasteiger partial charge in [0.25, 0.3) is 0 Å². The molecular formula is C17H23F3N2O5. The summed E-state index contributed by atoms with van der Waals surface area (Å²) in [6.45, 7) is 4.56. The van der Waals surface area contributed by atoms with Crippen LogP contribution in [0.5, 0.6) is 0 Å². The number of ether oxygens (including phenoxy) is 1. The number of carboxylic acids is 1. The molecular weight excluding hydrogens is 369 g/mol. The van der Waals surface area contributed by atoms with Gasteiger partial charge in [0.2, 0.25) is 5.91 Å². The monoisotopic (exact) mass is 392 g/mol. The standard InChI is InChI=1S/C17H23F3N2O5/c1-16(2)9-7-22(12(10(9)16)14(24)25)13(23)11(8-3-5-27-6-4-8)21-15(26)17(18,19)20/h8-12H,3-7H2,1-2H3,(H,21,26)(H,24,25)/t9-,10-,11-,12-/m0/s1. The molecule has 3 fully saturated rings. The number of hydrogen-bond acceptors (Lipinski definition) is 4. The summed E-state index contributed by atoms with van der Waals surface area (Å²) < 4.78 is 43.4. The van der Waals surface area contributed by atoms with E-state index in [0.717, 1.165) is 4.90 Å². The van der Waals surface area contributed by atoms with Gasteiger partial charge in [-0.1, -0.05) is 13.8 Å². The lowest BCUT2D eigenvalue weighted by Crippen LogP contribution is -2.58. The minimum Gasteiger partial charge on any atom is -0.480 e. The van der Waals surface area contributed by atoms with E-state index in [1.54, 1.807) is 0 Å². The zero-order valence-electron chi connectivity index (χ0n) is 15.1. The number of rotatable bonds is 4. The number of carbonyl (C=O) groups is 3. The number of fused-ring (bicyclic) bond motifs is 1. The van der Waals surface area contributed by atoms with Gasteiger partial charge in [-0.3, -0.25) is 9.59 Å². The van der Waals surface area contributed by atoms with Crippen molar-refractivity contribution in [1.29, 1.82) is 0 Å². The zero-order valence-corrected chi connectivity index (χ0v) is 15.1. The number of aliphatic carboxylic acids is 1. The summed E-state index contributed by atoms with van der Waals surface area (Å²) in [5.41, 5.74) is -0.219. The first-order chi connectivity index (χ1) is 12.5. The molecule has 1 aliphatic carbocycles. The molecule has 2 heterocycles. The maximum atomic E-state index is 13.0. The van der Waals surface area contributed by atoms with Gasteiger partial charge < -0.3 is 20.1 Å². The molecule has 0 radical (unpaired) electrons. The third kappa shape index (κ3) is 3.51. The molecule has 0 spiro atoms. The van der Waals surface area contributed by atoms with Crippen LogP contribution in [-0.4, -0.2) is 65.8 Å². The Labute approximate surface area is 154 Å². The smallest absolute Gasteiger partial charge is 0.471 e. The van der Waals surface area contributed by atoms with Crippen LogP contribution < -0.4 is 5.32 Å². The fourth-order valence-corrected chi connectivity index (χ4v) is 4.63. The fourth-order valence-electron chi connectivity index (χ4n) is 4.63. The number of likely N-dealkylation sites (tertiary alicyclic amines) is 1. The summed E-state index contributed by atoms with van der Waals surface area (Å²) in [7, 11) is 0. The Balaban J connectivity index is 1.82. The van der Waals surface area contributed by atoms with Crippen molar-refractivity contribution in [1.82, 2.24) is 10.2 Å². The van der Waals surface area contributed by atoms with E-state index in [-0.39, 0.29) is 37.0 Å². The Morgan fingerprint density at radius 3 is 2.33 bits per heavy atom. The molecule has 0 unspecified atom stereocenters. The van der Waals surface area contributed by atoms with Crippen LogP contribution in [0.25, 0.3) is 0 Å². The van der Waals surface area contributed by atoms with Crippen LogP contribution in [0.2, 0.25) is 0 Å². The van der Waals surface area contributed by atoms with Gasteiger partial charge in [-0.25, -0.2) is 4.79 Å². The number of amides is 2. The van der Waals surface area contributed by atoms with Crippen molar-refractivity contribution in [2.75, 3.05) is 19.8 Å². The maximum Gasteiger partial charge on any atom is 0.471 e. The molecule has 3 aliphatic rings. The lowest BCUT2D eigenvalue weighted by atomic mass is 9.89. The van der Waals surface area contributed by atoms with Crippen molar-refractivity contribution in [2.45, 2.75) is 44.9 Å². The number of piperidine rings is 1. The van der Waals surface area contributed by atoms with Crippen molar-refractivity contribution < 1.29 is 37.4 Å². The predicted molar refractivity (Wildman–Crippen MR) is 85.4 cm³/mol. The molecule has 2 aliphatic heterocycles. The number of carboxylic acid groups (broad SMARTS) is 1. The SMILES string of the molecule is CC1(C)[C@@H]2[C@@H](C(=O)O)N(C(=O)[C@@H](NC(=O)C(F)(F)F)C3CCOCC3)C[C@@H]21. The predicted octanol–water partition coefficient (Wildman–Crippen LogP) is 1.03. The van der Waals surface area contributed by atoms with Gasteiger partial charge in [0.15, 0.2) is 0 Å². The van der Waals surface area contributed by atoms with Crippen LogP contribution in [-0.2, 0) is 19.1 Å². The Morgan fingerprint density at radius 2 is 1.81 bits per heavy atom. The van der Waals surface area contributed by atoms with E-state index < -0.39 is 42.0 Å². The number of halogens is 3. The van der Waals surface area contributed by atoms with E-state index >= 15 is 0 Å². The number of carbonyl (C=O) groups excluding carboxylic acids is 2. The van der Waals surface area contributed by atoms with E-state index in [1.807, 2.05) is 19.2 Å². The summed E-state index contributed by atoms with van der Waals surface area (Å²) in [6.07, 6.45) is -4.48. The third-order valence-corrected chi connectivity index (χ3v) is 6.29. The first-order valence-corrected chi connectivity index (χ1v) is 8.95. The van der Waals surface area contributed by atoms with Gasteiger partial charge >= 0.3 is 18.1 Å². The van der Waals surface area contributed by atoms with E-state index in [0.29, 0.717) is 12.8 Å². The summed E-state index contributed by atoms with van der Waals surface area (Å²) in [4.78, 5) is 37.4. The second-order valence-electron chi connectivity index (χ2n) is 8.13. The molecule has 3 rings (SSSR count). The zero-order chi connectivity index (χ0) is 20.1. The summed E-state index contributed by atoms with van der Waals surface area (Å²) >= 11 is 0. The van der Waals surface area contributed by atoms with Gasteiger partial charge in [0, 0.05) is 25.7 Å². The Morgan fingerprint density at radius 1 is 1.22 bits per heavy atom. The van der Waals surface area contributed by atoms with Crippen LogP contribution in [0.1, 0.15) is 26.7 Å². The topological polar surface area (TPSA) is 95.9 Å². The molecule has 0 aromatic heterocycles. The van der Waals surface area contributed by atoms with E-state index in [9.17, 15) is 32.7 Å². The Bertz CT molecular complexity index is 645. The molecule has 27 heavy (non-hydrogen) atoms. The van der Waals surface area contributed by atoms with E-state index in [1.165, 1.54) is 0 Å². The molecule has 10 heteroatoms. The highest BCUT2D eigenvalue weighted by atomic mass is 19.4. The quantitative estimate of drug-likeness (QED) is 0.745. The lowest BCUT2D eigenvalue weighted by Gasteiger charge is -2.36. The van der Waals surface area contributed by atoms with Crippen LogP contribution in [0.15, 0.2) is 0 Å². The van der Waals surface area contributed by atoms with Crippen molar-refractivity contribution >= 4 is 17.8 Å². The van der Waals surface area contributed by atoms with Crippen LogP contribution in [0.4, 0.5) is 13.2 Å². The largest absolute Gasteiger partial charge is 0.480 e. The van der Waals surface area contributed by atoms with E-state index in [4.69, 9.17) is 4.74 Å². The van der Waals surface area contributed by atoms with Crippen LogP contribution >= 0.6 is 0 Å². The summed E-state index contributed by atoms with van der Waals surface area (Å²) in [6, 6.07) is -2.49. The lowest BCUT2D eigenvalue weighted by molar-refractivity contribution is -0.176. The first-order valence-electron chi connectivity index (χ1n) is 8.95.